The molecule has 4 atom stereocenters. The lowest BCUT2D eigenvalue weighted by molar-refractivity contribution is -0.381. The van der Waals surface area contributed by atoms with E-state index < -0.39 is 5.97 Å². The fourth-order valence-corrected chi connectivity index (χ4v) is 4.46. The molecule has 2 fully saturated rings. The third-order valence-corrected chi connectivity index (χ3v) is 5.99. The van der Waals surface area contributed by atoms with Crippen LogP contribution in [-0.2, 0) is 18.9 Å². The number of hydrogen-bond acceptors (Lipinski definition) is 4. The Labute approximate surface area is 148 Å². The van der Waals surface area contributed by atoms with Gasteiger partial charge in [0.1, 0.15) is 0 Å². The molecule has 0 spiro atoms. The van der Waals surface area contributed by atoms with Crippen LogP contribution in [0.1, 0.15) is 77.6 Å². The zero-order valence-electron chi connectivity index (χ0n) is 16.2. The lowest BCUT2D eigenvalue weighted by Gasteiger charge is -2.38. The van der Waals surface area contributed by atoms with Crippen LogP contribution in [0.3, 0.4) is 0 Å². The average Bonchev–Trinajstić information content (AvgIpc) is 3.38. The second kappa shape index (κ2) is 10.1. The van der Waals surface area contributed by atoms with E-state index in [9.17, 15) is 0 Å². The van der Waals surface area contributed by atoms with Crippen LogP contribution in [0, 0.1) is 11.8 Å². The standard InChI is InChI=1S/C20H38O4/c1-5-6-7-8-9-10-11-17(20(21-2,22-3)23-4)14-16-12-13-18-19(15-16)24-18/h16-19H,5-15H2,1-4H3. The van der Waals surface area contributed by atoms with Crippen LogP contribution in [0.2, 0.25) is 0 Å². The summed E-state index contributed by atoms with van der Waals surface area (Å²) in [6.07, 6.45) is 14.9. The lowest BCUT2D eigenvalue weighted by Crippen LogP contribution is -2.45. The SMILES string of the molecule is CCCCCCCCC(CC1CCC2OC2C1)C(OC)(OC)OC. The van der Waals surface area contributed by atoms with E-state index in [4.69, 9.17) is 18.9 Å². The third kappa shape index (κ3) is 5.42. The van der Waals surface area contributed by atoms with Crippen molar-refractivity contribution in [3.05, 3.63) is 0 Å². The van der Waals surface area contributed by atoms with Gasteiger partial charge in [0, 0.05) is 27.2 Å². The highest BCUT2D eigenvalue weighted by molar-refractivity contribution is 4.93. The number of unbranched alkanes of at least 4 members (excludes halogenated alkanes) is 5. The van der Waals surface area contributed by atoms with E-state index in [1.807, 2.05) is 0 Å². The molecule has 24 heavy (non-hydrogen) atoms. The van der Waals surface area contributed by atoms with Crippen molar-refractivity contribution >= 4 is 0 Å². The van der Waals surface area contributed by atoms with Gasteiger partial charge in [-0.1, -0.05) is 45.4 Å². The number of fused-ring (bicyclic) bond motifs is 1. The lowest BCUT2D eigenvalue weighted by atomic mass is 9.80. The van der Waals surface area contributed by atoms with Crippen molar-refractivity contribution in [2.24, 2.45) is 11.8 Å². The minimum Gasteiger partial charge on any atom is -0.370 e. The summed E-state index contributed by atoms with van der Waals surface area (Å²) in [5.41, 5.74) is 0. The summed E-state index contributed by atoms with van der Waals surface area (Å²) in [5, 5.41) is 0. The Balaban J connectivity index is 1.85. The Morgan fingerprint density at radius 2 is 1.58 bits per heavy atom. The molecule has 0 amide bonds. The largest absolute Gasteiger partial charge is 0.370 e. The highest BCUT2D eigenvalue weighted by Gasteiger charge is 2.47. The maximum Gasteiger partial charge on any atom is 0.285 e. The molecular weight excluding hydrogens is 304 g/mol. The number of ether oxygens (including phenoxy) is 4. The maximum atomic E-state index is 5.70. The summed E-state index contributed by atoms with van der Waals surface area (Å²) in [6.45, 7) is 2.26. The molecule has 0 radical (unpaired) electrons. The predicted octanol–water partition coefficient (Wildman–Crippen LogP) is 4.90. The van der Waals surface area contributed by atoms with Crippen LogP contribution in [0.5, 0.6) is 0 Å². The summed E-state index contributed by atoms with van der Waals surface area (Å²) < 4.78 is 22.8. The summed E-state index contributed by atoms with van der Waals surface area (Å²) in [6, 6.07) is 0. The third-order valence-electron chi connectivity index (χ3n) is 5.99. The fraction of sp³-hybridized carbons (Fsp3) is 1.00. The fourth-order valence-electron chi connectivity index (χ4n) is 4.46. The van der Waals surface area contributed by atoms with Gasteiger partial charge in [-0.2, -0.15) is 0 Å². The molecule has 4 nitrogen and oxygen atoms in total. The smallest absolute Gasteiger partial charge is 0.285 e. The maximum absolute atomic E-state index is 5.70. The van der Waals surface area contributed by atoms with Crippen LogP contribution >= 0.6 is 0 Å². The van der Waals surface area contributed by atoms with E-state index in [2.05, 4.69) is 6.92 Å². The monoisotopic (exact) mass is 342 g/mol. The first-order valence-corrected chi connectivity index (χ1v) is 10.00. The van der Waals surface area contributed by atoms with E-state index >= 15 is 0 Å². The van der Waals surface area contributed by atoms with Gasteiger partial charge in [-0.3, -0.25) is 0 Å². The Morgan fingerprint density at radius 3 is 2.21 bits per heavy atom. The van der Waals surface area contributed by atoms with Gasteiger partial charge >= 0.3 is 0 Å². The molecule has 1 heterocycles. The highest BCUT2D eigenvalue weighted by atomic mass is 16.9. The zero-order valence-corrected chi connectivity index (χ0v) is 16.2. The van der Waals surface area contributed by atoms with Gasteiger partial charge in [-0.05, 0) is 38.0 Å². The number of hydrogen-bond donors (Lipinski definition) is 0. The van der Waals surface area contributed by atoms with Crippen LogP contribution in [0.4, 0.5) is 0 Å². The summed E-state index contributed by atoms with van der Waals surface area (Å²) in [4.78, 5) is 0. The summed E-state index contributed by atoms with van der Waals surface area (Å²) in [7, 11) is 5.09. The zero-order chi connectivity index (χ0) is 17.4. The van der Waals surface area contributed by atoms with Gasteiger partial charge in [0.15, 0.2) is 0 Å². The number of rotatable bonds is 13. The van der Waals surface area contributed by atoms with Gasteiger partial charge in [0.25, 0.3) is 5.97 Å². The van der Waals surface area contributed by atoms with Gasteiger partial charge < -0.3 is 18.9 Å². The second-order valence-electron chi connectivity index (χ2n) is 7.60. The van der Waals surface area contributed by atoms with Crippen LogP contribution in [-0.4, -0.2) is 39.5 Å². The Morgan fingerprint density at radius 1 is 0.917 bits per heavy atom. The molecule has 0 bridgehead atoms. The van der Waals surface area contributed by atoms with E-state index in [0.717, 1.165) is 12.8 Å². The van der Waals surface area contributed by atoms with Crippen molar-refractivity contribution in [3.63, 3.8) is 0 Å². The van der Waals surface area contributed by atoms with Crippen molar-refractivity contribution in [3.8, 4) is 0 Å². The molecule has 4 heteroatoms. The first-order chi connectivity index (χ1) is 11.7. The first kappa shape index (κ1) is 20.2. The molecule has 0 N–H and O–H groups in total. The Hall–Kier alpha value is -0.160. The van der Waals surface area contributed by atoms with E-state index in [-0.39, 0.29) is 5.92 Å². The Bertz CT molecular complexity index is 334. The van der Waals surface area contributed by atoms with E-state index in [0.29, 0.717) is 18.1 Å². The topological polar surface area (TPSA) is 40.2 Å². The molecule has 0 aromatic heterocycles. The predicted molar refractivity (Wildman–Crippen MR) is 95.9 cm³/mol. The van der Waals surface area contributed by atoms with Crippen molar-refractivity contribution in [1.29, 1.82) is 0 Å². The van der Waals surface area contributed by atoms with Crippen molar-refractivity contribution in [2.75, 3.05) is 21.3 Å². The van der Waals surface area contributed by atoms with Gasteiger partial charge in [-0.15, -0.1) is 0 Å². The molecular formula is C20H38O4. The molecule has 0 aromatic rings. The van der Waals surface area contributed by atoms with Gasteiger partial charge in [0.2, 0.25) is 0 Å². The molecule has 2 aliphatic rings. The normalized spacial score (nSPS) is 27.8. The molecule has 1 saturated heterocycles. The second-order valence-corrected chi connectivity index (χ2v) is 7.60. The van der Waals surface area contributed by atoms with E-state index in [1.54, 1.807) is 21.3 Å². The van der Waals surface area contributed by atoms with Crippen molar-refractivity contribution in [1.82, 2.24) is 0 Å². The minimum absolute atomic E-state index is 0.281. The van der Waals surface area contributed by atoms with Crippen LogP contribution in [0.15, 0.2) is 0 Å². The first-order valence-electron chi connectivity index (χ1n) is 10.00. The van der Waals surface area contributed by atoms with Crippen molar-refractivity contribution in [2.45, 2.75) is 95.7 Å². The molecule has 1 aliphatic heterocycles. The quantitative estimate of drug-likeness (QED) is 0.271. The van der Waals surface area contributed by atoms with E-state index in [1.165, 1.54) is 57.8 Å². The molecule has 4 unspecified atom stereocenters. The average molecular weight is 343 g/mol. The molecule has 142 valence electrons. The molecule has 0 aromatic carbocycles. The van der Waals surface area contributed by atoms with Crippen molar-refractivity contribution < 1.29 is 18.9 Å². The van der Waals surface area contributed by atoms with Crippen LogP contribution in [0.25, 0.3) is 0 Å². The number of methoxy groups -OCH3 is 3. The summed E-state index contributed by atoms with van der Waals surface area (Å²) >= 11 is 0. The summed E-state index contributed by atoms with van der Waals surface area (Å²) in [5.74, 6) is 0.0904. The van der Waals surface area contributed by atoms with Gasteiger partial charge in [-0.25, -0.2) is 0 Å². The van der Waals surface area contributed by atoms with Crippen LogP contribution < -0.4 is 0 Å². The Kier molecular flexibility index (Phi) is 8.48. The molecule has 1 aliphatic carbocycles. The minimum atomic E-state index is -0.898. The highest BCUT2D eigenvalue weighted by Crippen LogP contribution is 2.44. The number of epoxide rings is 1. The molecule has 1 saturated carbocycles. The molecule has 2 rings (SSSR count). The van der Waals surface area contributed by atoms with Gasteiger partial charge in [0.05, 0.1) is 12.2 Å².